The third-order valence-electron chi connectivity index (χ3n) is 3.62. The summed E-state index contributed by atoms with van der Waals surface area (Å²) in [6.07, 6.45) is 1.62. The van der Waals surface area contributed by atoms with Crippen molar-refractivity contribution in [1.29, 1.82) is 0 Å². The highest BCUT2D eigenvalue weighted by Crippen LogP contribution is 2.24. The van der Waals surface area contributed by atoms with Crippen LogP contribution in [0.2, 0.25) is 0 Å². The van der Waals surface area contributed by atoms with Gasteiger partial charge in [-0.1, -0.05) is 19.9 Å². The summed E-state index contributed by atoms with van der Waals surface area (Å²) in [4.78, 5) is 16.2. The lowest BCUT2D eigenvalue weighted by molar-refractivity contribution is -0.143. The number of pyridine rings is 1. The van der Waals surface area contributed by atoms with Gasteiger partial charge in [0.25, 0.3) is 0 Å². The van der Waals surface area contributed by atoms with Gasteiger partial charge in [-0.2, -0.15) is 4.72 Å². The molecule has 0 fully saturated rings. The molecule has 1 N–H and O–H groups in total. The van der Waals surface area contributed by atoms with Crippen LogP contribution < -0.4 is 4.72 Å². The van der Waals surface area contributed by atoms with E-state index in [0.717, 1.165) is 5.56 Å². The minimum atomic E-state index is -3.89. The first-order chi connectivity index (χ1) is 10.8. The molecule has 0 aliphatic heterocycles. The first-order valence-electron chi connectivity index (χ1n) is 7.22. The first-order valence-corrected chi connectivity index (χ1v) is 8.70. The zero-order valence-corrected chi connectivity index (χ0v) is 14.3. The zero-order chi connectivity index (χ0) is 17.2. The van der Waals surface area contributed by atoms with Crippen molar-refractivity contribution in [3.05, 3.63) is 36.0 Å². The number of carbonyl (C=O) groups is 1. The molecule has 23 heavy (non-hydrogen) atoms. The van der Waals surface area contributed by atoms with Crippen LogP contribution in [0.15, 0.2) is 35.4 Å². The lowest BCUT2D eigenvalue weighted by atomic mass is 10.1. The van der Waals surface area contributed by atoms with Gasteiger partial charge < -0.3 is 4.74 Å². The summed E-state index contributed by atoms with van der Waals surface area (Å²) >= 11 is 0. The van der Waals surface area contributed by atoms with Gasteiger partial charge in [-0.3, -0.25) is 9.78 Å². The Morgan fingerprint density at radius 3 is 2.57 bits per heavy atom. The Bertz CT molecular complexity index is 831. The molecule has 0 bridgehead atoms. The third-order valence-corrected chi connectivity index (χ3v) is 5.12. The Morgan fingerprint density at radius 1 is 1.26 bits per heavy atom. The molecule has 124 valence electrons. The Labute approximate surface area is 135 Å². The van der Waals surface area contributed by atoms with Crippen LogP contribution in [0.1, 0.15) is 19.4 Å². The summed E-state index contributed by atoms with van der Waals surface area (Å²) in [5.74, 6) is -0.856. The summed E-state index contributed by atoms with van der Waals surface area (Å²) in [7, 11) is -2.66. The summed E-state index contributed by atoms with van der Waals surface area (Å²) in [6.45, 7) is 5.36. The number of ether oxygens (including phenoxy) is 1. The number of methoxy groups -OCH3 is 1. The Kier molecular flexibility index (Phi) is 5.01. The van der Waals surface area contributed by atoms with E-state index in [1.54, 1.807) is 38.2 Å². The Morgan fingerprint density at radius 2 is 1.96 bits per heavy atom. The number of esters is 1. The molecule has 6 nitrogen and oxygen atoms in total. The number of fused-ring (bicyclic) bond motifs is 1. The van der Waals surface area contributed by atoms with Crippen LogP contribution in [0.5, 0.6) is 0 Å². The summed E-state index contributed by atoms with van der Waals surface area (Å²) in [6, 6.07) is 5.66. The molecule has 0 saturated heterocycles. The number of aromatic nitrogens is 1. The fourth-order valence-electron chi connectivity index (χ4n) is 2.34. The van der Waals surface area contributed by atoms with E-state index < -0.39 is 22.0 Å². The van der Waals surface area contributed by atoms with Crippen molar-refractivity contribution in [3.63, 3.8) is 0 Å². The molecule has 1 aromatic carbocycles. The monoisotopic (exact) mass is 336 g/mol. The molecule has 1 atom stereocenters. The second-order valence-electron chi connectivity index (χ2n) is 5.65. The molecule has 2 aromatic rings. The minimum Gasteiger partial charge on any atom is -0.468 e. The maximum absolute atomic E-state index is 12.7. The third kappa shape index (κ3) is 3.51. The van der Waals surface area contributed by atoms with Gasteiger partial charge in [-0.05, 0) is 36.6 Å². The molecule has 0 aliphatic carbocycles. The van der Waals surface area contributed by atoms with Crippen LogP contribution in [0.4, 0.5) is 0 Å². The highest BCUT2D eigenvalue weighted by atomic mass is 32.2. The highest BCUT2D eigenvalue weighted by molar-refractivity contribution is 7.89. The van der Waals surface area contributed by atoms with Crippen molar-refractivity contribution in [3.8, 4) is 0 Å². The molecule has 1 heterocycles. The standard InChI is InChI=1S/C16H20N2O4S/c1-10(2)14(16(19)22-4)18-23(20,21)13-8-7-11(3)15-12(13)6-5-9-17-15/h5-10,14,18H,1-4H3/t14-/m0/s1. The van der Waals surface area contributed by atoms with Crippen molar-refractivity contribution < 1.29 is 17.9 Å². The molecule has 0 unspecified atom stereocenters. The molecule has 0 aliphatic rings. The lowest BCUT2D eigenvalue weighted by Gasteiger charge is -2.20. The van der Waals surface area contributed by atoms with E-state index in [1.165, 1.54) is 13.2 Å². The van der Waals surface area contributed by atoms with Gasteiger partial charge in [-0.15, -0.1) is 0 Å². The smallest absolute Gasteiger partial charge is 0.324 e. The summed E-state index contributed by atoms with van der Waals surface area (Å²) in [5, 5.41) is 0.521. The zero-order valence-electron chi connectivity index (χ0n) is 13.5. The van der Waals surface area contributed by atoms with Gasteiger partial charge in [0.15, 0.2) is 0 Å². The van der Waals surface area contributed by atoms with Gasteiger partial charge in [0.1, 0.15) is 6.04 Å². The first kappa shape index (κ1) is 17.4. The number of hydrogen-bond acceptors (Lipinski definition) is 5. The van der Waals surface area contributed by atoms with Crippen LogP contribution >= 0.6 is 0 Å². The van der Waals surface area contributed by atoms with E-state index >= 15 is 0 Å². The van der Waals surface area contributed by atoms with E-state index in [2.05, 4.69) is 14.4 Å². The highest BCUT2D eigenvalue weighted by Gasteiger charge is 2.30. The molecule has 0 saturated carbocycles. The Hall–Kier alpha value is -1.99. The largest absolute Gasteiger partial charge is 0.468 e. The fraction of sp³-hybridized carbons (Fsp3) is 0.375. The summed E-state index contributed by atoms with van der Waals surface area (Å²) in [5.41, 5.74) is 1.50. The van der Waals surface area contributed by atoms with Crippen LogP contribution in [0.3, 0.4) is 0 Å². The number of sulfonamides is 1. The lowest BCUT2D eigenvalue weighted by Crippen LogP contribution is -2.44. The summed E-state index contributed by atoms with van der Waals surface area (Å²) < 4.78 is 32.6. The van der Waals surface area contributed by atoms with Gasteiger partial charge in [0, 0.05) is 11.6 Å². The van der Waals surface area contributed by atoms with Gasteiger partial charge >= 0.3 is 5.97 Å². The second-order valence-corrected chi connectivity index (χ2v) is 7.33. The van der Waals surface area contributed by atoms with E-state index in [0.29, 0.717) is 10.9 Å². The fourth-order valence-corrected chi connectivity index (χ4v) is 3.87. The van der Waals surface area contributed by atoms with Crippen molar-refractivity contribution in [2.75, 3.05) is 7.11 Å². The molecular weight excluding hydrogens is 316 g/mol. The molecule has 0 amide bonds. The number of benzene rings is 1. The van der Waals surface area contributed by atoms with Gasteiger partial charge in [0.05, 0.1) is 17.5 Å². The van der Waals surface area contributed by atoms with Crippen molar-refractivity contribution >= 4 is 26.9 Å². The molecule has 7 heteroatoms. The number of carbonyl (C=O) groups excluding carboxylic acids is 1. The number of aryl methyl sites for hydroxylation is 1. The van der Waals surface area contributed by atoms with Crippen LogP contribution in [-0.4, -0.2) is 32.5 Å². The maximum Gasteiger partial charge on any atom is 0.324 e. The van der Waals surface area contributed by atoms with Crippen molar-refractivity contribution in [2.45, 2.75) is 31.7 Å². The molecule has 0 spiro atoms. The van der Waals surface area contributed by atoms with E-state index in [4.69, 9.17) is 0 Å². The predicted molar refractivity (Wildman–Crippen MR) is 87.4 cm³/mol. The van der Waals surface area contributed by atoms with Crippen LogP contribution in [0, 0.1) is 12.8 Å². The van der Waals surface area contributed by atoms with Gasteiger partial charge in [-0.25, -0.2) is 8.42 Å². The van der Waals surface area contributed by atoms with Crippen molar-refractivity contribution in [1.82, 2.24) is 9.71 Å². The molecule has 1 aromatic heterocycles. The van der Waals surface area contributed by atoms with E-state index in [1.807, 2.05) is 6.92 Å². The second kappa shape index (κ2) is 6.64. The maximum atomic E-state index is 12.7. The van der Waals surface area contributed by atoms with Crippen molar-refractivity contribution in [2.24, 2.45) is 5.92 Å². The van der Waals surface area contributed by atoms with E-state index in [-0.39, 0.29) is 10.8 Å². The number of nitrogens with one attached hydrogen (secondary N) is 1. The normalized spacial score (nSPS) is 13.3. The Balaban J connectivity index is 2.52. The number of nitrogens with zero attached hydrogens (tertiary/aromatic N) is 1. The van der Waals surface area contributed by atoms with Gasteiger partial charge in [0.2, 0.25) is 10.0 Å². The quantitative estimate of drug-likeness (QED) is 0.844. The number of hydrogen-bond donors (Lipinski definition) is 1. The minimum absolute atomic E-state index is 0.0979. The molecule has 0 radical (unpaired) electrons. The van der Waals surface area contributed by atoms with E-state index in [9.17, 15) is 13.2 Å². The molecule has 2 rings (SSSR count). The average Bonchev–Trinajstić information content (AvgIpc) is 2.52. The average molecular weight is 336 g/mol. The predicted octanol–water partition coefficient (Wildman–Crippen LogP) is 2.02. The topological polar surface area (TPSA) is 85.4 Å². The van der Waals surface area contributed by atoms with Crippen LogP contribution in [-0.2, 0) is 19.6 Å². The SMILES string of the molecule is COC(=O)[C@@H](NS(=O)(=O)c1ccc(C)c2ncccc12)C(C)C. The molecular formula is C16H20N2O4S. The van der Waals surface area contributed by atoms with Crippen LogP contribution in [0.25, 0.3) is 10.9 Å². The number of rotatable bonds is 5.